The van der Waals surface area contributed by atoms with E-state index in [1.807, 2.05) is 11.7 Å². The molecular formula is C12H10BrN3S. The van der Waals surface area contributed by atoms with E-state index in [9.17, 15) is 0 Å². The molecule has 1 aromatic carbocycles. The minimum absolute atomic E-state index is 0.720. The number of anilines is 1. The molecule has 0 saturated heterocycles. The third kappa shape index (κ3) is 1.75. The maximum Gasteiger partial charge on any atom is 0.101 e. The Morgan fingerprint density at radius 1 is 1.35 bits per heavy atom. The summed E-state index contributed by atoms with van der Waals surface area (Å²) >= 11 is 5.21. The van der Waals surface area contributed by atoms with Gasteiger partial charge in [-0.15, -0.1) is 11.3 Å². The second kappa shape index (κ2) is 3.85. The minimum Gasteiger partial charge on any atom is -0.396 e. The zero-order valence-corrected chi connectivity index (χ0v) is 11.5. The average molecular weight is 308 g/mol. The first-order valence-electron chi connectivity index (χ1n) is 5.12. The molecule has 0 aliphatic rings. The van der Waals surface area contributed by atoms with Crippen molar-refractivity contribution >= 4 is 43.0 Å². The number of hydrogen-bond acceptors (Lipinski definition) is 3. The van der Waals surface area contributed by atoms with E-state index in [-0.39, 0.29) is 0 Å². The van der Waals surface area contributed by atoms with Gasteiger partial charge in [0.25, 0.3) is 0 Å². The molecule has 2 aromatic heterocycles. The number of hydrogen-bond donors (Lipinski definition) is 1. The number of nitrogen functional groups attached to an aromatic ring is 1. The number of nitrogens with zero attached hydrogens (tertiary/aromatic N) is 2. The summed E-state index contributed by atoms with van der Waals surface area (Å²) in [5.41, 5.74) is 7.65. The van der Waals surface area contributed by atoms with Gasteiger partial charge in [0.2, 0.25) is 0 Å². The van der Waals surface area contributed by atoms with E-state index in [0.717, 1.165) is 20.7 Å². The highest BCUT2D eigenvalue weighted by atomic mass is 79.9. The minimum atomic E-state index is 0.720. The van der Waals surface area contributed by atoms with Crippen molar-refractivity contribution in [2.75, 3.05) is 5.73 Å². The monoisotopic (exact) mass is 307 g/mol. The van der Waals surface area contributed by atoms with Gasteiger partial charge in [0.05, 0.1) is 16.8 Å². The van der Waals surface area contributed by atoms with Crippen molar-refractivity contribution in [3.05, 3.63) is 34.9 Å². The van der Waals surface area contributed by atoms with Crippen LogP contribution in [0.2, 0.25) is 0 Å². The highest BCUT2D eigenvalue weighted by Crippen LogP contribution is 2.36. The van der Waals surface area contributed by atoms with Crippen LogP contribution in [0.25, 0.3) is 20.7 Å². The van der Waals surface area contributed by atoms with Crippen LogP contribution in [0.3, 0.4) is 0 Å². The second-order valence-corrected chi connectivity index (χ2v) is 5.86. The molecule has 0 amide bonds. The lowest BCUT2D eigenvalue weighted by Crippen LogP contribution is -1.93. The molecule has 0 radical (unpaired) electrons. The van der Waals surface area contributed by atoms with Gasteiger partial charge in [-0.2, -0.15) is 5.10 Å². The van der Waals surface area contributed by atoms with Gasteiger partial charge in [-0.3, -0.25) is 4.68 Å². The lowest BCUT2D eigenvalue weighted by atomic mass is 10.2. The number of fused-ring (bicyclic) bond motifs is 1. The maximum absolute atomic E-state index is 5.94. The fourth-order valence-electron chi connectivity index (χ4n) is 1.89. The standard InChI is InChI=1S/C12H10BrN3S/c1-16-12(9(14)6-15-16)11-5-7-4-8(13)2-3-10(7)17-11/h2-6H,14H2,1H3. The summed E-state index contributed by atoms with van der Waals surface area (Å²) in [6.45, 7) is 0. The predicted octanol–water partition coefficient (Wildman–Crippen LogP) is 3.65. The highest BCUT2D eigenvalue weighted by molar-refractivity contribution is 9.10. The molecule has 17 heavy (non-hydrogen) atoms. The smallest absolute Gasteiger partial charge is 0.101 e. The molecule has 0 fully saturated rings. The van der Waals surface area contributed by atoms with Gasteiger partial charge >= 0.3 is 0 Å². The van der Waals surface area contributed by atoms with Crippen LogP contribution in [0, 0.1) is 0 Å². The van der Waals surface area contributed by atoms with Crippen LogP contribution < -0.4 is 5.73 Å². The molecule has 2 N–H and O–H groups in total. The van der Waals surface area contributed by atoms with E-state index in [1.165, 1.54) is 10.1 Å². The molecule has 0 aliphatic carbocycles. The topological polar surface area (TPSA) is 43.8 Å². The quantitative estimate of drug-likeness (QED) is 0.746. The highest BCUT2D eigenvalue weighted by Gasteiger charge is 2.11. The fourth-order valence-corrected chi connectivity index (χ4v) is 3.41. The van der Waals surface area contributed by atoms with Crippen LogP contribution in [0.5, 0.6) is 0 Å². The number of rotatable bonds is 1. The van der Waals surface area contributed by atoms with Crippen molar-refractivity contribution in [2.45, 2.75) is 0 Å². The van der Waals surface area contributed by atoms with E-state index < -0.39 is 0 Å². The van der Waals surface area contributed by atoms with Gasteiger partial charge < -0.3 is 5.73 Å². The Bertz CT molecular complexity index is 679. The summed E-state index contributed by atoms with van der Waals surface area (Å²) in [7, 11) is 1.91. The van der Waals surface area contributed by atoms with Crippen molar-refractivity contribution in [3.63, 3.8) is 0 Å². The van der Waals surface area contributed by atoms with E-state index in [4.69, 9.17) is 5.73 Å². The van der Waals surface area contributed by atoms with Crippen LogP contribution in [0.1, 0.15) is 0 Å². The van der Waals surface area contributed by atoms with Crippen LogP contribution in [0.15, 0.2) is 34.9 Å². The van der Waals surface area contributed by atoms with Gasteiger partial charge in [-0.05, 0) is 29.7 Å². The van der Waals surface area contributed by atoms with Gasteiger partial charge in [-0.1, -0.05) is 15.9 Å². The van der Waals surface area contributed by atoms with Crippen molar-refractivity contribution in [2.24, 2.45) is 7.05 Å². The third-order valence-electron chi connectivity index (χ3n) is 2.68. The molecule has 0 aliphatic heterocycles. The van der Waals surface area contributed by atoms with E-state index in [2.05, 4.69) is 45.3 Å². The maximum atomic E-state index is 5.94. The van der Waals surface area contributed by atoms with E-state index in [1.54, 1.807) is 17.5 Å². The van der Waals surface area contributed by atoms with Crippen LogP contribution in [-0.2, 0) is 7.05 Å². The number of thiophene rings is 1. The Balaban J connectivity index is 2.25. The van der Waals surface area contributed by atoms with Gasteiger partial charge in [-0.25, -0.2) is 0 Å². The lowest BCUT2D eigenvalue weighted by molar-refractivity contribution is 0.777. The summed E-state index contributed by atoms with van der Waals surface area (Å²) in [5, 5.41) is 5.39. The molecule has 0 atom stereocenters. The Morgan fingerprint density at radius 2 is 2.18 bits per heavy atom. The molecule has 0 bridgehead atoms. The van der Waals surface area contributed by atoms with Crippen molar-refractivity contribution in [1.29, 1.82) is 0 Å². The first-order chi connectivity index (χ1) is 8.15. The largest absolute Gasteiger partial charge is 0.396 e. The molecule has 3 rings (SSSR count). The summed E-state index contributed by atoms with van der Waals surface area (Å²) in [6, 6.07) is 8.43. The van der Waals surface area contributed by atoms with Crippen molar-refractivity contribution < 1.29 is 0 Å². The van der Waals surface area contributed by atoms with Crippen molar-refractivity contribution in [1.82, 2.24) is 9.78 Å². The fraction of sp³-hybridized carbons (Fsp3) is 0.0833. The average Bonchev–Trinajstić information content (AvgIpc) is 2.81. The molecule has 0 spiro atoms. The SMILES string of the molecule is Cn1ncc(N)c1-c1cc2cc(Br)ccc2s1. The first-order valence-corrected chi connectivity index (χ1v) is 6.73. The molecule has 0 saturated carbocycles. The molecule has 86 valence electrons. The summed E-state index contributed by atoms with van der Waals surface area (Å²) in [6.07, 6.45) is 1.69. The number of aryl methyl sites for hydroxylation is 1. The molecule has 2 heterocycles. The van der Waals surface area contributed by atoms with Crippen molar-refractivity contribution in [3.8, 4) is 10.6 Å². The predicted molar refractivity (Wildman–Crippen MR) is 76.1 cm³/mol. The number of benzene rings is 1. The van der Waals surface area contributed by atoms with Gasteiger partial charge in [0.1, 0.15) is 5.69 Å². The second-order valence-electron chi connectivity index (χ2n) is 3.86. The molecular weight excluding hydrogens is 298 g/mol. The first kappa shape index (κ1) is 10.8. The Kier molecular flexibility index (Phi) is 2.45. The van der Waals surface area contributed by atoms with E-state index in [0.29, 0.717) is 0 Å². The molecule has 3 aromatic rings. The Morgan fingerprint density at radius 3 is 2.88 bits per heavy atom. The number of halogens is 1. The zero-order chi connectivity index (χ0) is 12.0. The normalized spacial score (nSPS) is 11.2. The molecule has 5 heteroatoms. The van der Waals surface area contributed by atoms with Crippen LogP contribution >= 0.6 is 27.3 Å². The van der Waals surface area contributed by atoms with Crippen LogP contribution in [-0.4, -0.2) is 9.78 Å². The Labute approximate surface area is 111 Å². The summed E-state index contributed by atoms with van der Waals surface area (Å²) in [5.74, 6) is 0. The summed E-state index contributed by atoms with van der Waals surface area (Å²) in [4.78, 5) is 1.15. The lowest BCUT2D eigenvalue weighted by Gasteiger charge is -1.98. The van der Waals surface area contributed by atoms with Gasteiger partial charge in [0, 0.05) is 16.2 Å². The number of nitrogens with two attached hydrogens (primary N) is 1. The molecule has 0 unspecified atom stereocenters. The zero-order valence-electron chi connectivity index (χ0n) is 9.14. The van der Waals surface area contributed by atoms with Crippen LogP contribution in [0.4, 0.5) is 5.69 Å². The Hall–Kier alpha value is -1.33. The third-order valence-corrected chi connectivity index (χ3v) is 4.29. The number of aromatic nitrogens is 2. The van der Waals surface area contributed by atoms with Gasteiger partial charge in [0.15, 0.2) is 0 Å². The molecule has 3 nitrogen and oxygen atoms in total. The summed E-state index contributed by atoms with van der Waals surface area (Å²) < 4.78 is 4.16. The van der Waals surface area contributed by atoms with E-state index >= 15 is 0 Å².